The van der Waals surface area contributed by atoms with E-state index >= 15 is 0 Å². The van der Waals surface area contributed by atoms with E-state index in [0.29, 0.717) is 5.20 Å². The van der Waals surface area contributed by atoms with Gasteiger partial charge in [0.25, 0.3) is 0 Å². The van der Waals surface area contributed by atoms with Gasteiger partial charge in [0.1, 0.15) is 0 Å². The molecule has 0 aliphatic rings. The van der Waals surface area contributed by atoms with Crippen LogP contribution in [0.4, 0.5) is 13.2 Å². The second-order valence-corrected chi connectivity index (χ2v) is 11.0. The Kier molecular flexibility index (Phi) is 6.12. The average Bonchev–Trinajstić information content (AvgIpc) is 2.42. The topological polar surface area (TPSA) is 43.4 Å². The number of benzene rings is 1. The van der Waals surface area contributed by atoms with Crippen molar-refractivity contribution in [3.63, 3.8) is 0 Å². The van der Waals surface area contributed by atoms with Crippen LogP contribution in [0.1, 0.15) is 12.0 Å². The molecule has 0 aromatic heterocycles. The Morgan fingerprint density at radius 1 is 1.17 bits per heavy atom. The van der Waals surface area contributed by atoms with Gasteiger partial charge >= 0.3 is 18.1 Å². The van der Waals surface area contributed by atoms with Crippen LogP contribution in [-0.4, -0.2) is 26.2 Å². The van der Waals surface area contributed by atoms with Crippen molar-refractivity contribution in [2.45, 2.75) is 32.2 Å². The molecular formula is C16H17F3O3Si. The lowest BCUT2D eigenvalue weighted by Crippen LogP contribution is -2.30. The van der Waals surface area contributed by atoms with Gasteiger partial charge in [-0.1, -0.05) is 50.0 Å². The van der Waals surface area contributed by atoms with Gasteiger partial charge in [-0.3, -0.25) is 4.79 Å². The number of hydrogen-bond donors (Lipinski definition) is 0. The van der Waals surface area contributed by atoms with Crippen LogP contribution in [0.25, 0.3) is 6.08 Å². The summed E-state index contributed by atoms with van der Waals surface area (Å²) in [5, 5.41) is 0.571. The fourth-order valence-electron chi connectivity index (χ4n) is 1.59. The van der Waals surface area contributed by atoms with Crippen LogP contribution >= 0.6 is 0 Å². The van der Waals surface area contributed by atoms with Gasteiger partial charge in [0.15, 0.2) is 0 Å². The first kappa shape index (κ1) is 18.9. The number of rotatable bonds is 4. The highest BCUT2D eigenvalue weighted by Crippen LogP contribution is 2.21. The molecule has 1 aromatic carbocycles. The lowest BCUT2D eigenvalue weighted by atomic mass is 10.2. The molecule has 0 radical (unpaired) electrons. The van der Waals surface area contributed by atoms with Gasteiger partial charge < -0.3 is 4.74 Å². The van der Waals surface area contributed by atoms with Crippen LogP contribution in [0.2, 0.25) is 19.6 Å². The Bertz CT molecular complexity index is 637. The minimum absolute atomic E-state index is 0.388. The third kappa shape index (κ3) is 6.67. The molecule has 0 unspecified atom stereocenters. The summed E-state index contributed by atoms with van der Waals surface area (Å²) in [6.45, 7) is 5.77. The van der Waals surface area contributed by atoms with Crippen molar-refractivity contribution >= 4 is 26.1 Å². The smallest absolute Gasteiger partial charge is 0.386 e. The van der Waals surface area contributed by atoms with E-state index in [1.165, 1.54) is 0 Å². The van der Waals surface area contributed by atoms with E-state index in [0.717, 1.165) is 5.56 Å². The Morgan fingerprint density at radius 3 is 2.22 bits per heavy atom. The molecule has 7 heteroatoms. The number of hydrogen-bond acceptors (Lipinski definition) is 3. The Morgan fingerprint density at radius 2 is 1.74 bits per heavy atom. The monoisotopic (exact) mass is 342 g/mol. The summed E-state index contributed by atoms with van der Waals surface area (Å²) in [7, 11) is -2.02. The summed E-state index contributed by atoms with van der Waals surface area (Å²) >= 11 is 0. The van der Waals surface area contributed by atoms with Gasteiger partial charge in [-0.15, -0.1) is 5.73 Å². The molecule has 0 aliphatic carbocycles. The molecule has 23 heavy (non-hydrogen) atoms. The van der Waals surface area contributed by atoms with Crippen molar-refractivity contribution in [3.8, 4) is 0 Å². The van der Waals surface area contributed by atoms with E-state index in [-0.39, 0.29) is 6.42 Å². The van der Waals surface area contributed by atoms with Crippen LogP contribution in [0.5, 0.6) is 0 Å². The van der Waals surface area contributed by atoms with Crippen LogP contribution in [0.15, 0.2) is 41.3 Å². The summed E-state index contributed by atoms with van der Waals surface area (Å²) in [6, 6.07) is 9.18. The van der Waals surface area contributed by atoms with Crippen molar-refractivity contribution in [2.24, 2.45) is 0 Å². The lowest BCUT2D eigenvalue weighted by Gasteiger charge is -2.18. The molecule has 0 atom stereocenters. The zero-order valence-electron chi connectivity index (χ0n) is 13.0. The molecule has 0 spiro atoms. The molecule has 0 saturated carbocycles. The van der Waals surface area contributed by atoms with E-state index in [2.05, 4.69) is 10.5 Å². The molecule has 0 heterocycles. The van der Waals surface area contributed by atoms with Crippen molar-refractivity contribution in [1.82, 2.24) is 0 Å². The molecule has 1 rings (SSSR count). The van der Waals surface area contributed by atoms with E-state index in [1.807, 2.05) is 50.0 Å². The zero-order valence-corrected chi connectivity index (χ0v) is 14.0. The Hall–Kier alpha value is -2.11. The maximum atomic E-state index is 12.1. The molecular weight excluding hydrogens is 325 g/mol. The van der Waals surface area contributed by atoms with Gasteiger partial charge in [-0.2, -0.15) is 13.2 Å². The largest absolute Gasteiger partial charge is 0.491 e. The van der Waals surface area contributed by atoms with Crippen molar-refractivity contribution in [3.05, 3.63) is 46.8 Å². The van der Waals surface area contributed by atoms with Crippen molar-refractivity contribution < 1.29 is 27.5 Å². The summed E-state index contributed by atoms with van der Waals surface area (Å²) in [5.74, 6) is -3.72. The fraction of sp³-hybridized carbons (Fsp3) is 0.312. The minimum atomic E-state index is -5.18. The van der Waals surface area contributed by atoms with Gasteiger partial charge in [0.05, 0.1) is 14.5 Å². The molecule has 1 aromatic rings. The highest BCUT2D eigenvalue weighted by atomic mass is 28.3. The number of halogens is 3. The van der Waals surface area contributed by atoms with Crippen LogP contribution in [0.3, 0.4) is 0 Å². The summed E-state index contributed by atoms with van der Waals surface area (Å²) in [4.78, 5) is 22.3. The zero-order chi connectivity index (χ0) is 17.7. The van der Waals surface area contributed by atoms with E-state index in [9.17, 15) is 22.8 Å². The third-order valence-electron chi connectivity index (χ3n) is 2.88. The standard InChI is InChI=1S/C16H17F3O3Si/c1-23(2,3)13(10-9-12-7-5-4-6-8-12)11-14(20)22-15(21)16(17,18)19/h4-9H,11H2,1-3H3. The molecule has 0 N–H and O–H groups in total. The SMILES string of the molecule is C[Si](C)(C)C(=C=Cc1ccccc1)CC(=O)OC(=O)C(F)(F)F. The van der Waals surface area contributed by atoms with Crippen LogP contribution < -0.4 is 0 Å². The maximum Gasteiger partial charge on any atom is 0.491 e. The average molecular weight is 342 g/mol. The summed E-state index contributed by atoms with van der Waals surface area (Å²) < 4.78 is 40.1. The van der Waals surface area contributed by atoms with Crippen LogP contribution in [-0.2, 0) is 14.3 Å². The van der Waals surface area contributed by atoms with Gasteiger partial charge in [0, 0.05) is 0 Å². The number of ether oxygens (including phenoxy) is 1. The van der Waals surface area contributed by atoms with E-state index < -0.39 is 26.2 Å². The maximum absolute atomic E-state index is 12.1. The first-order chi connectivity index (χ1) is 10.5. The number of alkyl halides is 3. The molecule has 124 valence electrons. The lowest BCUT2D eigenvalue weighted by molar-refractivity contribution is -0.201. The Balaban J connectivity index is 2.95. The van der Waals surface area contributed by atoms with E-state index in [4.69, 9.17) is 0 Å². The van der Waals surface area contributed by atoms with Gasteiger partial charge in [-0.05, 0) is 16.8 Å². The van der Waals surface area contributed by atoms with Gasteiger partial charge in [-0.25, -0.2) is 4.79 Å². The highest BCUT2D eigenvalue weighted by Gasteiger charge is 2.42. The predicted molar refractivity (Wildman–Crippen MR) is 83.0 cm³/mol. The molecule has 3 nitrogen and oxygen atoms in total. The second kappa shape index (κ2) is 7.44. The van der Waals surface area contributed by atoms with Crippen molar-refractivity contribution in [1.29, 1.82) is 0 Å². The molecule has 0 bridgehead atoms. The molecule has 0 aliphatic heterocycles. The number of esters is 2. The minimum Gasteiger partial charge on any atom is -0.386 e. The fourth-order valence-corrected chi connectivity index (χ4v) is 2.77. The highest BCUT2D eigenvalue weighted by molar-refractivity contribution is 6.83. The summed E-state index contributed by atoms with van der Waals surface area (Å²) in [5.41, 5.74) is 3.83. The normalized spacial score (nSPS) is 11.4. The first-order valence-electron chi connectivity index (χ1n) is 6.83. The predicted octanol–water partition coefficient (Wildman–Crippen LogP) is 4.12. The Labute approximate surface area is 133 Å². The quantitative estimate of drug-likeness (QED) is 0.358. The second-order valence-electron chi connectivity index (χ2n) is 5.86. The molecule has 0 saturated heterocycles. The first-order valence-corrected chi connectivity index (χ1v) is 10.3. The summed E-state index contributed by atoms with van der Waals surface area (Å²) in [6.07, 6.45) is -3.91. The third-order valence-corrected chi connectivity index (χ3v) is 5.01. The van der Waals surface area contributed by atoms with Crippen molar-refractivity contribution in [2.75, 3.05) is 0 Å². The van der Waals surface area contributed by atoms with Crippen LogP contribution in [0, 0.1) is 0 Å². The van der Waals surface area contributed by atoms with E-state index in [1.54, 1.807) is 6.08 Å². The molecule has 0 fully saturated rings. The number of carbonyl (C=O) groups is 2. The van der Waals surface area contributed by atoms with Gasteiger partial charge in [0.2, 0.25) is 0 Å². The number of carbonyl (C=O) groups excluding carboxylic acids is 2. The molecule has 0 amide bonds.